The summed E-state index contributed by atoms with van der Waals surface area (Å²) in [5, 5.41) is 0. The van der Waals surface area contributed by atoms with Gasteiger partial charge >= 0.3 is 11.9 Å². The van der Waals surface area contributed by atoms with E-state index in [4.69, 9.17) is 18.6 Å². The summed E-state index contributed by atoms with van der Waals surface area (Å²) in [6, 6.07) is 9.94. The number of methoxy groups -OCH3 is 2. The van der Waals surface area contributed by atoms with Gasteiger partial charge in [0.25, 0.3) is 0 Å². The van der Waals surface area contributed by atoms with E-state index in [0.717, 1.165) is 23.7 Å². The highest BCUT2D eigenvalue weighted by Gasteiger charge is 2.60. The number of esters is 2. The van der Waals surface area contributed by atoms with Crippen molar-refractivity contribution in [1.82, 2.24) is 4.90 Å². The third-order valence-electron chi connectivity index (χ3n) is 7.90. The zero-order chi connectivity index (χ0) is 27.3. The Morgan fingerprint density at radius 2 is 1.70 bits per heavy atom. The number of hydrogen-bond acceptors (Lipinski definition) is 7. The smallest absolute Gasteiger partial charge is 0.355 e. The lowest BCUT2D eigenvalue weighted by molar-refractivity contribution is -0.163. The normalized spacial score (nSPS) is 22.1. The number of fused-ring (bicyclic) bond motifs is 1. The number of β-lactam (4-membered cyclic amide) rings is 1. The molecule has 4 atom stereocenters. The molecule has 0 radical (unpaired) electrons. The van der Waals surface area contributed by atoms with Crippen LogP contribution in [0.2, 0.25) is 18.1 Å². The molecule has 1 aromatic carbocycles. The number of allylic oxidation sites excluding steroid dienone is 1. The van der Waals surface area contributed by atoms with Crippen molar-refractivity contribution in [2.45, 2.75) is 71.5 Å². The molecule has 0 aliphatic carbocycles. The van der Waals surface area contributed by atoms with Crippen LogP contribution in [0.15, 0.2) is 47.7 Å². The van der Waals surface area contributed by atoms with Crippen molar-refractivity contribution in [3.05, 3.63) is 53.3 Å². The second-order valence-corrected chi connectivity index (χ2v) is 14.4. The maximum Gasteiger partial charge on any atom is 0.355 e. The molecule has 1 saturated heterocycles. The summed E-state index contributed by atoms with van der Waals surface area (Å²) in [6.45, 7) is 10.5. The highest BCUT2D eigenvalue weighted by atomic mass is 28.4. The van der Waals surface area contributed by atoms with Gasteiger partial charge in [0.15, 0.2) is 8.32 Å². The summed E-state index contributed by atoms with van der Waals surface area (Å²) < 4.78 is 22.2. The Morgan fingerprint density at radius 1 is 1.08 bits per heavy atom. The molecule has 0 saturated carbocycles. The van der Waals surface area contributed by atoms with Crippen molar-refractivity contribution in [3.63, 3.8) is 0 Å². The minimum absolute atomic E-state index is 0.0436. The molecule has 0 spiro atoms. The maximum atomic E-state index is 13.5. The molecule has 1 aromatic rings. The van der Waals surface area contributed by atoms with Gasteiger partial charge in [0.1, 0.15) is 18.1 Å². The first-order valence-corrected chi connectivity index (χ1v) is 15.5. The van der Waals surface area contributed by atoms with Gasteiger partial charge in [-0.2, -0.15) is 0 Å². The quantitative estimate of drug-likeness (QED) is 0.169. The summed E-state index contributed by atoms with van der Waals surface area (Å²) >= 11 is 0. The lowest BCUT2D eigenvalue weighted by Gasteiger charge is -2.49. The molecule has 2 aliphatic rings. The van der Waals surface area contributed by atoms with Crippen LogP contribution in [0.5, 0.6) is 5.75 Å². The molecule has 0 unspecified atom stereocenters. The SMILES string of the molecule is CC[Si](CC)(CC)O[C@H](C)[C@H]1C(=O)N2C(C(=O)OCc3ccc(OC)cc3)=C(/C=C/C(=O)OC)[C@H](C)[C@H]12. The maximum absolute atomic E-state index is 13.5. The Kier molecular flexibility index (Phi) is 9.36. The molecular formula is C28H39NO7Si. The van der Waals surface area contributed by atoms with Crippen LogP contribution < -0.4 is 4.74 Å². The molecule has 0 bridgehead atoms. The van der Waals surface area contributed by atoms with Crippen LogP contribution in [0.4, 0.5) is 0 Å². The third kappa shape index (κ3) is 5.67. The summed E-state index contributed by atoms with van der Waals surface area (Å²) in [6.07, 6.45) is 2.58. The molecule has 2 heterocycles. The Bertz CT molecular complexity index is 1050. The number of ether oxygens (including phenoxy) is 3. The van der Waals surface area contributed by atoms with E-state index < -0.39 is 20.3 Å². The zero-order valence-corrected chi connectivity index (χ0v) is 23.9. The van der Waals surface area contributed by atoms with Crippen molar-refractivity contribution in [2.75, 3.05) is 14.2 Å². The van der Waals surface area contributed by atoms with Crippen molar-refractivity contribution in [2.24, 2.45) is 11.8 Å². The van der Waals surface area contributed by atoms with Gasteiger partial charge in [-0.15, -0.1) is 0 Å². The van der Waals surface area contributed by atoms with E-state index in [1.807, 2.05) is 26.0 Å². The lowest BCUT2D eigenvalue weighted by atomic mass is 9.77. The fraction of sp³-hybridized carbons (Fsp3) is 0.536. The van der Waals surface area contributed by atoms with E-state index in [1.165, 1.54) is 18.1 Å². The van der Waals surface area contributed by atoms with Crippen LogP contribution in [-0.4, -0.2) is 57.4 Å². The molecule has 1 fully saturated rings. The Hall–Kier alpha value is -2.91. The van der Waals surface area contributed by atoms with Crippen molar-refractivity contribution < 1.29 is 33.0 Å². The Morgan fingerprint density at radius 3 is 2.24 bits per heavy atom. The first-order chi connectivity index (χ1) is 17.7. The number of hydrogen-bond donors (Lipinski definition) is 0. The van der Waals surface area contributed by atoms with E-state index in [0.29, 0.717) is 11.3 Å². The minimum Gasteiger partial charge on any atom is -0.497 e. The highest BCUT2D eigenvalue weighted by Crippen LogP contribution is 2.49. The predicted octanol–water partition coefficient (Wildman–Crippen LogP) is 4.61. The molecule has 0 N–H and O–H groups in total. The summed E-state index contributed by atoms with van der Waals surface area (Å²) in [5.41, 5.74) is 1.56. The molecule has 202 valence electrons. The van der Waals surface area contributed by atoms with Gasteiger partial charge in [-0.1, -0.05) is 39.8 Å². The second-order valence-electron chi connectivity index (χ2n) is 9.66. The number of rotatable bonds is 12. The number of carbonyl (C=O) groups excluding carboxylic acids is 3. The zero-order valence-electron chi connectivity index (χ0n) is 22.9. The van der Waals surface area contributed by atoms with E-state index in [9.17, 15) is 14.4 Å². The molecule has 8 nitrogen and oxygen atoms in total. The van der Waals surface area contributed by atoms with Crippen LogP contribution in [0.1, 0.15) is 40.2 Å². The van der Waals surface area contributed by atoms with Gasteiger partial charge < -0.3 is 23.5 Å². The van der Waals surface area contributed by atoms with Gasteiger partial charge in [-0.3, -0.25) is 4.79 Å². The standard InChI is InChI=1S/C28H39NO7Si/c1-8-37(9-2,10-3)36-19(5)24-25-18(4)22(15-16-23(30)34-7)26(29(25)27(24)31)28(32)35-17-20-11-13-21(33-6)14-12-20/h11-16,18-19,24-25H,8-10,17H2,1-7H3/b16-15+/t18-,19+,24+,25+/m0/s1. The number of nitrogens with zero attached hydrogens (tertiary/aromatic N) is 1. The van der Waals surface area contributed by atoms with Crippen LogP contribution in [-0.2, 0) is 34.9 Å². The van der Waals surface area contributed by atoms with Crippen LogP contribution in [0.3, 0.4) is 0 Å². The number of benzene rings is 1. The van der Waals surface area contributed by atoms with Gasteiger partial charge in [0.2, 0.25) is 5.91 Å². The van der Waals surface area contributed by atoms with Crippen molar-refractivity contribution in [1.29, 1.82) is 0 Å². The van der Waals surface area contributed by atoms with Crippen LogP contribution in [0, 0.1) is 11.8 Å². The van der Waals surface area contributed by atoms with Crippen molar-refractivity contribution in [3.8, 4) is 5.75 Å². The van der Waals surface area contributed by atoms with Gasteiger partial charge in [0.05, 0.1) is 32.3 Å². The fourth-order valence-corrected chi connectivity index (χ4v) is 8.36. The number of carbonyl (C=O) groups is 3. The minimum atomic E-state index is -1.93. The third-order valence-corrected chi connectivity index (χ3v) is 12.6. The fourth-order valence-electron chi connectivity index (χ4n) is 5.42. The average Bonchev–Trinajstić information content (AvgIpc) is 3.16. The Labute approximate surface area is 220 Å². The molecule has 37 heavy (non-hydrogen) atoms. The largest absolute Gasteiger partial charge is 0.497 e. The van der Waals surface area contributed by atoms with Crippen LogP contribution in [0.25, 0.3) is 0 Å². The molecule has 9 heteroatoms. The average molecular weight is 530 g/mol. The summed E-state index contributed by atoms with van der Waals surface area (Å²) in [7, 11) is 0.947. The van der Waals surface area contributed by atoms with E-state index in [1.54, 1.807) is 25.3 Å². The van der Waals surface area contributed by atoms with Crippen LogP contribution >= 0.6 is 0 Å². The summed E-state index contributed by atoms with van der Waals surface area (Å²) in [5.74, 6) is -1.12. The molecule has 1 amide bonds. The lowest BCUT2D eigenvalue weighted by Crippen LogP contribution is -2.65. The molecule has 0 aromatic heterocycles. The number of amides is 1. The van der Waals surface area contributed by atoms with E-state index in [-0.39, 0.29) is 42.2 Å². The van der Waals surface area contributed by atoms with Crippen molar-refractivity contribution >= 4 is 26.2 Å². The van der Waals surface area contributed by atoms with E-state index >= 15 is 0 Å². The molecule has 2 aliphatic heterocycles. The van der Waals surface area contributed by atoms with E-state index in [2.05, 4.69) is 20.8 Å². The highest BCUT2D eigenvalue weighted by molar-refractivity contribution is 6.73. The summed E-state index contributed by atoms with van der Waals surface area (Å²) in [4.78, 5) is 40.2. The first kappa shape index (κ1) is 28.7. The van der Waals surface area contributed by atoms with Gasteiger partial charge in [-0.25, -0.2) is 9.59 Å². The second kappa shape index (κ2) is 12.1. The molecular weight excluding hydrogens is 490 g/mol. The first-order valence-electron chi connectivity index (χ1n) is 13.0. The van der Waals surface area contributed by atoms with Gasteiger partial charge in [0, 0.05) is 12.0 Å². The molecule has 3 rings (SSSR count). The predicted molar refractivity (Wildman–Crippen MR) is 142 cm³/mol. The Balaban J connectivity index is 1.85. The monoisotopic (exact) mass is 529 g/mol. The van der Waals surface area contributed by atoms with Gasteiger partial charge in [-0.05, 0) is 54.4 Å². The topological polar surface area (TPSA) is 91.4 Å².